The van der Waals surface area contributed by atoms with Crippen LogP contribution in [-0.4, -0.2) is 31.5 Å². The number of nitrogens with one attached hydrogen (secondary N) is 1. The van der Waals surface area contributed by atoms with Crippen molar-refractivity contribution in [1.29, 1.82) is 0 Å². The van der Waals surface area contributed by atoms with Gasteiger partial charge in [0, 0.05) is 23.8 Å². The first-order valence-corrected chi connectivity index (χ1v) is 6.46. The van der Waals surface area contributed by atoms with Gasteiger partial charge in [-0.05, 0) is 24.3 Å². The van der Waals surface area contributed by atoms with Gasteiger partial charge in [-0.1, -0.05) is 11.6 Å². The normalized spacial score (nSPS) is 15.8. The summed E-state index contributed by atoms with van der Waals surface area (Å²) in [6.07, 6.45) is 1.57. The minimum absolute atomic E-state index is 0.0696. The standard InChI is InChI=1S/C12H14ClN5O/c13-10-1-3-11(4-2-10)16-5-7-17(8-6-16)18-9-12(14)19-15-18/h1-4,9,14H,5-8H2. The van der Waals surface area contributed by atoms with Crippen LogP contribution < -0.4 is 14.7 Å². The molecule has 6 nitrogen and oxygen atoms in total. The Hall–Kier alpha value is -1.95. The number of hydrogen-bond acceptors (Lipinski definition) is 4. The summed E-state index contributed by atoms with van der Waals surface area (Å²) in [6.45, 7) is 3.46. The van der Waals surface area contributed by atoms with Crippen LogP contribution in [0.5, 0.6) is 0 Å². The average Bonchev–Trinajstić information content (AvgIpc) is 2.87. The third-order valence-electron chi connectivity index (χ3n) is 3.19. The molecule has 1 aromatic heterocycles. The van der Waals surface area contributed by atoms with Gasteiger partial charge in [0.15, 0.2) is 0 Å². The second-order valence-electron chi connectivity index (χ2n) is 4.40. The number of anilines is 1. The molecule has 0 bridgehead atoms. The maximum Gasteiger partial charge on any atom is 0.256 e. The predicted molar refractivity (Wildman–Crippen MR) is 72.3 cm³/mol. The molecule has 0 radical (unpaired) electrons. The van der Waals surface area contributed by atoms with Crippen molar-refractivity contribution in [1.82, 2.24) is 5.27 Å². The quantitative estimate of drug-likeness (QED) is 0.786. The van der Waals surface area contributed by atoms with Crippen LogP contribution in [0.3, 0.4) is 0 Å². The number of benzene rings is 1. The van der Waals surface area contributed by atoms with Gasteiger partial charge < -0.3 is 15.2 Å². The lowest BCUT2D eigenvalue weighted by Crippen LogP contribution is -2.65. The van der Waals surface area contributed by atoms with Crippen molar-refractivity contribution in [2.45, 2.75) is 0 Å². The summed E-state index contributed by atoms with van der Waals surface area (Å²) in [4.78, 5) is 3.90. The van der Waals surface area contributed by atoms with E-state index in [0.717, 1.165) is 31.2 Å². The monoisotopic (exact) mass is 279 g/mol. The van der Waals surface area contributed by atoms with Crippen molar-refractivity contribution in [3.8, 4) is 0 Å². The molecular formula is C12H14ClN5O. The third kappa shape index (κ3) is 2.58. The highest BCUT2D eigenvalue weighted by atomic mass is 35.5. The molecule has 100 valence electrons. The lowest BCUT2D eigenvalue weighted by molar-refractivity contribution is -0.758. The summed E-state index contributed by atoms with van der Waals surface area (Å²) in [7, 11) is 0. The first-order chi connectivity index (χ1) is 9.22. The molecule has 19 heavy (non-hydrogen) atoms. The molecule has 1 saturated heterocycles. The van der Waals surface area contributed by atoms with Gasteiger partial charge in [0.2, 0.25) is 5.27 Å². The molecule has 3 rings (SSSR count). The highest BCUT2D eigenvalue weighted by Gasteiger charge is 2.24. The van der Waals surface area contributed by atoms with E-state index in [9.17, 15) is 0 Å². The van der Waals surface area contributed by atoms with Gasteiger partial charge in [-0.3, -0.25) is 0 Å². The zero-order valence-electron chi connectivity index (χ0n) is 10.3. The van der Waals surface area contributed by atoms with E-state index < -0.39 is 0 Å². The highest BCUT2D eigenvalue weighted by molar-refractivity contribution is 6.30. The van der Waals surface area contributed by atoms with Crippen LogP contribution in [0.25, 0.3) is 5.73 Å². The van der Waals surface area contributed by atoms with E-state index in [1.807, 2.05) is 29.3 Å². The van der Waals surface area contributed by atoms with Gasteiger partial charge in [-0.25, -0.2) is 0 Å². The molecule has 0 aliphatic carbocycles. The number of hydrogen-bond donors (Lipinski definition) is 0. The van der Waals surface area contributed by atoms with E-state index >= 15 is 0 Å². The van der Waals surface area contributed by atoms with E-state index in [-0.39, 0.29) is 5.88 Å². The van der Waals surface area contributed by atoms with Crippen molar-refractivity contribution in [3.63, 3.8) is 0 Å². The van der Waals surface area contributed by atoms with Crippen molar-refractivity contribution >= 4 is 23.2 Å². The van der Waals surface area contributed by atoms with E-state index in [2.05, 4.69) is 10.2 Å². The Bertz CT molecular complexity index is 548. The molecule has 1 N–H and O–H groups in total. The van der Waals surface area contributed by atoms with E-state index in [1.54, 1.807) is 11.0 Å². The minimum atomic E-state index is 0.0696. The Balaban J connectivity index is 1.64. The third-order valence-corrected chi connectivity index (χ3v) is 3.45. The van der Waals surface area contributed by atoms with Crippen molar-refractivity contribution < 1.29 is 9.31 Å². The summed E-state index contributed by atoms with van der Waals surface area (Å²) in [5, 5.41) is 6.60. The maximum atomic E-state index is 7.33. The Kier molecular flexibility index (Phi) is 3.16. The second kappa shape index (κ2) is 4.97. The molecule has 1 aliphatic rings. The van der Waals surface area contributed by atoms with Crippen LogP contribution in [0, 0.1) is 0 Å². The lowest BCUT2D eigenvalue weighted by atomic mass is 10.2. The number of nitrogens with zero attached hydrogens (tertiary/aromatic N) is 4. The van der Waals surface area contributed by atoms with Crippen LogP contribution >= 0.6 is 11.6 Å². The fourth-order valence-corrected chi connectivity index (χ4v) is 2.31. The number of piperazine rings is 1. The first-order valence-electron chi connectivity index (χ1n) is 6.08. The van der Waals surface area contributed by atoms with Gasteiger partial charge in [0.1, 0.15) is 5.88 Å². The number of aromatic nitrogens is 2. The topological polar surface area (TPSA) is 60.2 Å². The molecule has 0 saturated carbocycles. The van der Waals surface area contributed by atoms with Crippen LogP contribution in [-0.2, 0) is 0 Å². The zero-order valence-corrected chi connectivity index (χ0v) is 11.0. The Morgan fingerprint density at radius 1 is 1.16 bits per heavy atom. The smallest absolute Gasteiger partial charge is 0.256 e. The van der Waals surface area contributed by atoms with Gasteiger partial charge >= 0.3 is 0 Å². The first kappa shape index (κ1) is 12.1. The molecule has 2 aromatic rings. The van der Waals surface area contributed by atoms with Crippen molar-refractivity contribution in [2.75, 3.05) is 36.1 Å². The summed E-state index contributed by atoms with van der Waals surface area (Å²) in [5.74, 6) is 0.0696. The van der Waals surface area contributed by atoms with Gasteiger partial charge in [0.25, 0.3) is 6.20 Å². The van der Waals surface area contributed by atoms with Crippen molar-refractivity contribution in [3.05, 3.63) is 41.2 Å². The molecule has 0 spiro atoms. The Labute approximate surface area is 115 Å². The van der Waals surface area contributed by atoms with Crippen LogP contribution in [0.1, 0.15) is 0 Å². The largest absolute Gasteiger partial charge is 0.660 e. The summed E-state index contributed by atoms with van der Waals surface area (Å²) >= 11 is 5.89. The zero-order chi connectivity index (χ0) is 13.2. The number of rotatable bonds is 2. The van der Waals surface area contributed by atoms with E-state index in [0.29, 0.717) is 0 Å². The Morgan fingerprint density at radius 2 is 1.84 bits per heavy atom. The van der Waals surface area contributed by atoms with Crippen LogP contribution in [0.4, 0.5) is 11.6 Å². The molecule has 0 unspecified atom stereocenters. The van der Waals surface area contributed by atoms with E-state index in [4.69, 9.17) is 21.9 Å². The highest BCUT2D eigenvalue weighted by Crippen LogP contribution is 2.18. The summed E-state index contributed by atoms with van der Waals surface area (Å²) in [6, 6.07) is 7.87. The van der Waals surface area contributed by atoms with Crippen molar-refractivity contribution in [2.24, 2.45) is 0 Å². The second-order valence-corrected chi connectivity index (χ2v) is 4.84. The molecule has 0 atom stereocenters. The van der Waals surface area contributed by atoms with Gasteiger partial charge in [-0.2, -0.15) is 0 Å². The molecule has 2 heterocycles. The molecule has 7 heteroatoms. The van der Waals surface area contributed by atoms with Gasteiger partial charge in [0.05, 0.1) is 17.9 Å². The minimum Gasteiger partial charge on any atom is -0.660 e. The Morgan fingerprint density at radius 3 is 2.42 bits per heavy atom. The molecule has 0 amide bonds. The lowest BCUT2D eigenvalue weighted by Gasteiger charge is -2.31. The van der Waals surface area contributed by atoms with E-state index in [1.165, 1.54) is 5.69 Å². The number of halogens is 1. The summed E-state index contributed by atoms with van der Waals surface area (Å²) < 4.78 is 4.75. The summed E-state index contributed by atoms with van der Waals surface area (Å²) in [5.41, 5.74) is 8.51. The molecule has 1 aromatic carbocycles. The molecule has 1 aliphatic heterocycles. The molecule has 1 fully saturated rings. The fourth-order valence-electron chi connectivity index (χ4n) is 2.18. The van der Waals surface area contributed by atoms with Gasteiger partial charge in [-0.15, -0.1) is 5.01 Å². The van der Waals surface area contributed by atoms with Crippen LogP contribution in [0.2, 0.25) is 5.02 Å². The van der Waals surface area contributed by atoms with Crippen LogP contribution in [0.15, 0.2) is 35.0 Å². The predicted octanol–water partition coefficient (Wildman–Crippen LogP) is 1.76. The molecular weight excluding hydrogens is 266 g/mol. The maximum absolute atomic E-state index is 7.33. The SMILES string of the molecule is [NH-]c1c[n+](N2CCN(c3ccc(Cl)cc3)CC2)no1. The average molecular weight is 280 g/mol. The fraction of sp³-hybridized carbons (Fsp3) is 0.333.